The molecule has 18 heavy (non-hydrogen) atoms. The predicted molar refractivity (Wildman–Crippen MR) is 71.4 cm³/mol. The Morgan fingerprint density at radius 1 is 1.17 bits per heavy atom. The van der Waals surface area contributed by atoms with Crippen LogP contribution >= 0.6 is 0 Å². The van der Waals surface area contributed by atoms with Crippen molar-refractivity contribution in [3.8, 4) is 5.75 Å². The Labute approximate surface area is 108 Å². The third kappa shape index (κ3) is 4.04. The fourth-order valence-corrected chi connectivity index (χ4v) is 2.13. The number of hydrogen-bond acceptors (Lipinski definition) is 4. The van der Waals surface area contributed by atoms with Gasteiger partial charge in [0.2, 0.25) is 0 Å². The van der Waals surface area contributed by atoms with E-state index in [4.69, 9.17) is 9.94 Å². The number of benzene rings is 1. The Morgan fingerprint density at radius 3 is 2.56 bits per heavy atom. The number of piperidine rings is 1. The first kappa shape index (κ1) is 12.9. The molecule has 0 aliphatic carbocycles. The molecule has 1 aliphatic rings. The molecule has 0 unspecified atom stereocenters. The summed E-state index contributed by atoms with van der Waals surface area (Å²) in [6, 6.07) is 9.90. The molecule has 0 bridgehead atoms. The van der Waals surface area contributed by atoms with Gasteiger partial charge in [-0.15, -0.1) is 0 Å². The highest BCUT2D eigenvalue weighted by molar-refractivity contribution is 5.84. The van der Waals surface area contributed by atoms with Gasteiger partial charge in [0.25, 0.3) is 0 Å². The van der Waals surface area contributed by atoms with Crippen LogP contribution in [0, 0.1) is 0 Å². The lowest BCUT2D eigenvalue weighted by molar-refractivity contribution is 0.230. The number of likely N-dealkylation sites (tertiary alicyclic amines) is 1. The van der Waals surface area contributed by atoms with E-state index in [0.29, 0.717) is 0 Å². The highest BCUT2D eigenvalue weighted by Gasteiger charge is 2.14. The molecule has 1 N–H and O–H groups in total. The maximum absolute atomic E-state index is 8.67. The van der Waals surface area contributed by atoms with Crippen LogP contribution in [0.4, 0.5) is 0 Å². The van der Waals surface area contributed by atoms with Crippen LogP contribution in [0.1, 0.15) is 19.3 Å². The van der Waals surface area contributed by atoms with Gasteiger partial charge in [-0.3, -0.25) is 0 Å². The molecule has 1 aromatic carbocycles. The van der Waals surface area contributed by atoms with Crippen LogP contribution in [0.25, 0.3) is 0 Å². The molecule has 4 heteroatoms. The van der Waals surface area contributed by atoms with E-state index in [-0.39, 0.29) is 0 Å². The highest BCUT2D eigenvalue weighted by atomic mass is 16.5. The Morgan fingerprint density at radius 2 is 1.89 bits per heavy atom. The first-order chi connectivity index (χ1) is 8.88. The average molecular weight is 248 g/mol. The van der Waals surface area contributed by atoms with Crippen molar-refractivity contribution in [1.29, 1.82) is 0 Å². The third-order valence-corrected chi connectivity index (χ3v) is 3.21. The minimum absolute atomic E-state index is 0.751. The zero-order valence-corrected chi connectivity index (χ0v) is 10.6. The predicted octanol–water partition coefficient (Wildman–Crippen LogP) is 2.38. The molecule has 1 fully saturated rings. The summed E-state index contributed by atoms with van der Waals surface area (Å²) >= 11 is 0. The minimum atomic E-state index is 0.751. The van der Waals surface area contributed by atoms with Gasteiger partial charge in [-0.05, 0) is 18.6 Å². The minimum Gasteiger partial charge on any atom is -0.494 e. The number of hydrogen-bond donors (Lipinski definition) is 1. The Balaban J connectivity index is 1.59. The molecule has 0 amide bonds. The van der Waals surface area contributed by atoms with E-state index in [1.807, 2.05) is 30.3 Å². The van der Waals surface area contributed by atoms with Crippen LogP contribution in [0.2, 0.25) is 0 Å². The summed E-state index contributed by atoms with van der Waals surface area (Å²) in [6.45, 7) is 3.78. The van der Waals surface area contributed by atoms with Crippen molar-refractivity contribution in [2.24, 2.45) is 5.16 Å². The van der Waals surface area contributed by atoms with Crippen LogP contribution in [0.5, 0.6) is 5.75 Å². The summed E-state index contributed by atoms with van der Waals surface area (Å²) < 4.78 is 5.65. The van der Waals surface area contributed by atoms with E-state index in [2.05, 4.69) is 10.1 Å². The first-order valence-electron chi connectivity index (χ1n) is 6.48. The molecule has 1 heterocycles. The Bertz CT molecular complexity index is 369. The van der Waals surface area contributed by atoms with Gasteiger partial charge >= 0.3 is 0 Å². The van der Waals surface area contributed by atoms with Crippen LogP contribution in [-0.4, -0.2) is 42.1 Å². The molecule has 0 atom stereocenters. The van der Waals surface area contributed by atoms with Crippen molar-refractivity contribution in [3.63, 3.8) is 0 Å². The summed E-state index contributed by atoms with van der Waals surface area (Å²) in [7, 11) is 0. The zero-order valence-electron chi connectivity index (χ0n) is 10.6. The Kier molecular flexibility index (Phi) is 5.02. The SMILES string of the molecule is ON=C1CCN(CCCOc2ccccc2)CC1. The van der Waals surface area contributed by atoms with Crippen LogP contribution < -0.4 is 4.74 Å². The van der Waals surface area contributed by atoms with Crippen LogP contribution in [-0.2, 0) is 0 Å². The van der Waals surface area contributed by atoms with E-state index in [9.17, 15) is 0 Å². The van der Waals surface area contributed by atoms with Gasteiger partial charge in [0, 0.05) is 32.5 Å². The van der Waals surface area contributed by atoms with Gasteiger partial charge < -0.3 is 14.8 Å². The maximum atomic E-state index is 8.67. The lowest BCUT2D eigenvalue weighted by Gasteiger charge is -2.26. The summed E-state index contributed by atoms with van der Waals surface area (Å²) in [5, 5.41) is 12.0. The number of oxime groups is 1. The molecule has 4 nitrogen and oxygen atoms in total. The molecular formula is C14H20N2O2. The maximum Gasteiger partial charge on any atom is 0.119 e. The number of nitrogens with zero attached hydrogens (tertiary/aromatic N) is 2. The summed E-state index contributed by atoms with van der Waals surface area (Å²) in [5.41, 5.74) is 0.923. The quantitative estimate of drug-likeness (QED) is 0.494. The second-order valence-corrected chi connectivity index (χ2v) is 4.52. The van der Waals surface area contributed by atoms with Gasteiger partial charge in [0.1, 0.15) is 5.75 Å². The first-order valence-corrected chi connectivity index (χ1v) is 6.48. The van der Waals surface area contributed by atoms with Gasteiger partial charge in [-0.1, -0.05) is 23.4 Å². The van der Waals surface area contributed by atoms with Gasteiger partial charge in [-0.2, -0.15) is 0 Å². The van der Waals surface area contributed by atoms with E-state index in [0.717, 1.165) is 57.0 Å². The zero-order chi connectivity index (χ0) is 12.6. The second-order valence-electron chi connectivity index (χ2n) is 4.52. The second kappa shape index (κ2) is 7.01. The van der Waals surface area contributed by atoms with Crippen molar-refractivity contribution >= 4 is 5.71 Å². The van der Waals surface area contributed by atoms with Crippen molar-refractivity contribution in [1.82, 2.24) is 4.90 Å². The molecule has 1 aromatic rings. The van der Waals surface area contributed by atoms with Crippen LogP contribution in [0.3, 0.4) is 0 Å². The van der Waals surface area contributed by atoms with E-state index in [1.165, 1.54) is 0 Å². The van der Waals surface area contributed by atoms with Crippen molar-refractivity contribution in [3.05, 3.63) is 30.3 Å². The smallest absolute Gasteiger partial charge is 0.119 e. The normalized spacial score (nSPS) is 16.6. The Hall–Kier alpha value is -1.55. The van der Waals surface area contributed by atoms with Crippen LogP contribution in [0.15, 0.2) is 35.5 Å². The molecule has 98 valence electrons. The fourth-order valence-electron chi connectivity index (χ4n) is 2.13. The summed E-state index contributed by atoms with van der Waals surface area (Å²) in [5.74, 6) is 0.936. The molecule has 1 saturated heterocycles. The van der Waals surface area contributed by atoms with E-state index < -0.39 is 0 Å². The van der Waals surface area contributed by atoms with Gasteiger partial charge in [-0.25, -0.2) is 0 Å². The van der Waals surface area contributed by atoms with E-state index in [1.54, 1.807) is 0 Å². The van der Waals surface area contributed by atoms with E-state index >= 15 is 0 Å². The van der Waals surface area contributed by atoms with Crippen molar-refractivity contribution in [2.75, 3.05) is 26.2 Å². The number of ether oxygens (including phenoxy) is 1. The summed E-state index contributed by atoms with van der Waals surface area (Å²) in [4.78, 5) is 2.39. The standard InChI is InChI=1S/C14H20N2O2/c17-15-13-7-10-16(11-8-13)9-4-12-18-14-5-2-1-3-6-14/h1-3,5-6,17H,4,7-12H2. The lowest BCUT2D eigenvalue weighted by atomic mass is 10.1. The van der Waals surface area contributed by atoms with Crippen molar-refractivity contribution < 1.29 is 9.94 Å². The van der Waals surface area contributed by atoms with Gasteiger partial charge in [0.15, 0.2) is 0 Å². The molecule has 0 spiro atoms. The molecule has 0 radical (unpaired) electrons. The fraction of sp³-hybridized carbons (Fsp3) is 0.500. The molecule has 2 rings (SSSR count). The van der Waals surface area contributed by atoms with Gasteiger partial charge in [0.05, 0.1) is 12.3 Å². The third-order valence-electron chi connectivity index (χ3n) is 3.21. The summed E-state index contributed by atoms with van der Waals surface area (Å²) in [6.07, 6.45) is 2.80. The monoisotopic (exact) mass is 248 g/mol. The lowest BCUT2D eigenvalue weighted by Crippen LogP contribution is -2.35. The van der Waals surface area contributed by atoms with Crippen molar-refractivity contribution in [2.45, 2.75) is 19.3 Å². The largest absolute Gasteiger partial charge is 0.494 e. The molecule has 0 aromatic heterocycles. The number of para-hydroxylation sites is 1. The average Bonchev–Trinajstić information content (AvgIpc) is 2.45. The molecule has 1 aliphatic heterocycles. The topological polar surface area (TPSA) is 45.1 Å². The molecule has 0 saturated carbocycles. The highest BCUT2D eigenvalue weighted by Crippen LogP contribution is 2.10. The molecular weight excluding hydrogens is 228 g/mol. The number of rotatable bonds is 5.